The molecular formula is C64H32F40O11Si8. The lowest BCUT2D eigenvalue weighted by atomic mass is 10.1. The molecular weight excluding hydrogens is 1930 g/mol. The van der Waals surface area contributed by atoms with Crippen LogP contribution in [0, 0.1) is 233 Å². The van der Waals surface area contributed by atoms with Crippen LogP contribution >= 0.6 is 0 Å². The van der Waals surface area contributed by atoms with Crippen molar-refractivity contribution in [1.29, 1.82) is 0 Å². The first-order valence-electron chi connectivity index (χ1n) is 34.0. The molecule has 4 unspecified atom stereocenters. The summed E-state index contributed by atoms with van der Waals surface area (Å²) in [5, 5.41) is 0. The van der Waals surface area contributed by atoms with Crippen LogP contribution in [-0.4, -0.2) is 69.0 Å². The van der Waals surface area contributed by atoms with E-state index >= 15 is 167 Å². The normalized spacial score (nSPS) is 24.2. The summed E-state index contributed by atoms with van der Waals surface area (Å²) in [4.78, 5) is 0. The number of hydrogen-bond donors (Lipinski definition) is 0. The van der Waals surface area contributed by atoms with Gasteiger partial charge in [0.1, 0.15) is 0 Å². The Morgan fingerprint density at radius 2 is 0.187 bits per heavy atom. The van der Waals surface area contributed by atoms with Crippen LogP contribution in [-0.2, 0) is 96.6 Å². The molecule has 8 aromatic carbocycles. The van der Waals surface area contributed by atoms with Gasteiger partial charge in [-0.25, -0.2) is 176 Å². The summed E-state index contributed by atoms with van der Waals surface area (Å²) in [7, 11) is -61.1. The number of benzene rings is 8. The van der Waals surface area contributed by atoms with E-state index in [-0.39, 0.29) is 0 Å². The first kappa shape index (κ1) is 92.9. The van der Waals surface area contributed by atoms with Crippen molar-refractivity contribution < 1.29 is 221 Å². The Kier molecular flexibility index (Phi) is 24.8. The topological polar surface area (TPSA) is 102 Å². The second-order valence-electron chi connectivity index (χ2n) is 27.1. The molecule has 11 nitrogen and oxygen atoms in total. The molecule has 0 aliphatic carbocycles. The summed E-state index contributed by atoms with van der Waals surface area (Å²) in [6, 6.07) is -19.3. The molecule has 0 aromatic heterocycles. The van der Waals surface area contributed by atoms with Crippen molar-refractivity contribution in [2.24, 2.45) is 0 Å². The van der Waals surface area contributed by atoms with Gasteiger partial charge in [-0.3, -0.25) is 0 Å². The van der Waals surface area contributed by atoms with Crippen molar-refractivity contribution in [3.63, 3.8) is 0 Å². The minimum atomic E-state index is -7.73. The summed E-state index contributed by atoms with van der Waals surface area (Å²) >= 11 is 0. The van der Waals surface area contributed by atoms with Gasteiger partial charge in [-0.1, -0.05) is 0 Å². The smallest absolute Gasteiger partial charge is 0.393 e. The lowest BCUT2D eigenvalue weighted by molar-refractivity contribution is 0.0224. The van der Waals surface area contributed by atoms with E-state index in [4.69, 9.17) is 45.3 Å². The zero-order valence-corrected chi connectivity index (χ0v) is 66.9. The van der Waals surface area contributed by atoms with Crippen LogP contribution in [0.5, 0.6) is 0 Å². The molecule has 4 atom stereocenters. The molecule has 6 aliphatic heterocycles. The molecule has 123 heavy (non-hydrogen) atoms. The summed E-state index contributed by atoms with van der Waals surface area (Å²) in [6.07, 6.45) is -18.8. The van der Waals surface area contributed by atoms with Gasteiger partial charge in [-0.15, -0.1) is 0 Å². The molecule has 6 heterocycles. The Morgan fingerprint density at radius 3 is 0.293 bits per heavy atom. The van der Waals surface area contributed by atoms with E-state index in [0.717, 1.165) is 0 Å². The highest BCUT2D eigenvalue weighted by Crippen LogP contribution is 2.59. The Morgan fingerprint density at radius 1 is 0.106 bits per heavy atom. The first-order chi connectivity index (χ1) is 57.2. The second-order valence-corrected chi connectivity index (χ2v) is 55.9. The fraction of sp³-hybridized carbons (Fsp3) is 0.250. The minimum Gasteiger partial charge on any atom is -0.393 e. The highest BCUT2D eigenvalue weighted by atomic mass is 29.3. The van der Waals surface area contributed by atoms with Crippen molar-refractivity contribution in [2.45, 2.75) is 99.7 Å². The summed E-state index contributed by atoms with van der Waals surface area (Å²) in [6.45, 7) is 0. The molecule has 0 radical (unpaired) electrons. The molecule has 0 saturated carbocycles. The van der Waals surface area contributed by atoms with Crippen molar-refractivity contribution in [3.05, 3.63) is 277 Å². The van der Waals surface area contributed by atoms with Gasteiger partial charge in [0.05, 0.1) is 0 Å². The third kappa shape index (κ3) is 15.3. The molecule has 6 aliphatic rings. The quantitative estimate of drug-likeness (QED) is 0.0250. The third-order valence-electron chi connectivity index (χ3n) is 19.9. The maximum absolute atomic E-state index is 16.7. The van der Waals surface area contributed by atoms with Crippen molar-refractivity contribution in [2.75, 3.05) is 0 Å². The zero-order chi connectivity index (χ0) is 90.8. The molecule has 666 valence electrons. The zero-order valence-electron chi connectivity index (χ0n) is 58.9. The maximum Gasteiger partial charge on any atom is 0.479 e. The molecule has 8 aromatic rings. The van der Waals surface area contributed by atoms with Gasteiger partial charge in [-0.05, 0) is 63.5 Å². The van der Waals surface area contributed by atoms with Crippen molar-refractivity contribution in [1.82, 2.24) is 0 Å². The second kappa shape index (κ2) is 32.8. The van der Waals surface area contributed by atoms with Gasteiger partial charge in [0.25, 0.3) is 0 Å². The Labute approximate surface area is 664 Å². The Balaban J connectivity index is 1.25. The van der Waals surface area contributed by atoms with Gasteiger partial charge < -0.3 is 45.3 Å². The Bertz CT molecular complexity index is 5060. The molecule has 0 spiro atoms. The maximum atomic E-state index is 16.7. The molecule has 0 N–H and O–H groups in total. The van der Waals surface area contributed by atoms with Crippen LogP contribution < -0.4 is 0 Å². The highest BCUT2D eigenvalue weighted by Gasteiger charge is 2.87. The van der Waals surface area contributed by atoms with Gasteiger partial charge in [0.2, 0.25) is 46.5 Å². The van der Waals surface area contributed by atoms with E-state index in [2.05, 4.69) is 0 Å². The van der Waals surface area contributed by atoms with Gasteiger partial charge in [-0.2, -0.15) is 0 Å². The number of halogens is 40. The number of rotatable bonds is 24. The average Bonchev–Trinajstić information content (AvgIpc) is 1.52. The van der Waals surface area contributed by atoms with E-state index < -0.39 is 446 Å². The van der Waals surface area contributed by atoms with Gasteiger partial charge >= 0.3 is 69.0 Å². The van der Waals surface area contributed by atoms with Crippen LogP contribution in [0.2, 0.25) is 48.4 Å². The molecule has 14 rings (SSSR count). The predicted molar refractivity (Wildman–Crippen MR) is 336 cm³/mol. The SMILES string of the molecule is Fc1c(F)c(F)c(CC[Si]23O[Si]4(CCc5c(F)c(F)c(F)c(F)c5F)O[Si]5(CCc6c(F)c(F)c(F)c(F)c6F)O[Si](CCc6c(F)c(F)c(F)c(F)c6F)(O2)O[Si]2(CCc6c(F)c(F)c(F)c(F)c6F)O[Si](CCc6c(F)c(F)c(F)c(F)c6F)(O3)O[Si](CCc3c(F)c(F)c(F)c(F)c3F)(O4)O[Si]2(CCc2c(F)c(F)c(F)c(F)c2F)O5)c(F)c1F. The summed E-state index contributed by atoms with van der Waals surface area (Å²) < 4.78 is 709. The summed E-state index contributed by atoms with van der Waals surface area (Å²) in [5.74, 6) is -123. The van der Waals surface area contributed by atoms with Crippen LogP contribution in [0.1, 0.15) is 44.5 Å². The van der Waals surface area contributed by atoms with Crippen molar-refractivity contribution in [3.8, 4) is 0 Å². The van der Waals surface area contributed by atoms with E-state index in [9.17, 15) is 8.78 Å². The van der Waals surface area contributed by atoms with Crippen LogP contribution in [0.4, 0.5) is 176 Å². The fourth-order valence-electron chi connectivity index (χ4n) is 14.1. The fourth-order valence-corrected chi connectivity index (χ4v) is 77.2. The molecule has 6 fully saturated rings. The average molecular weight is 1960 g/mol. The van der Waals surface area contributed by atoms with Crippen LogP contribution in [0.3, 0.4) is 0 Å². The molecule has 59 heteroatoms. The molecule has 8 bridgehead atoms. The first-order valence-corrected chi connectivity index (χ1v) is 50.6. The highest BCUT2D eigenvalue weighted by molar-refractivity contribution is 7.38. The van der Waals surface area contributed by atoms with Gasteiger partial charge in [0.15, 0.2) is 186 Å². The molecule has 0 amide bonds. The van der Waals surface area contributed by atoms with E-state index in [1.165, 1.54) is 0 Å². The third-order valence-corrected chi connectivity index (χ3v) is 64.4. The molecule has 6 saturated heterocycles. The Hall–Kier alpha value is -7.74. The minimum absolute atomic E-state index is 2.32. The largest absolute Gasteiger partial charge is 0.479 e. The van der Waals surface area contributed by atoms with E-state index in [0.29, 0.717) is 0 Å². The van der Waals surface area contributed by atoms with Crippen molar-refractivity contribution >= 4 is 69.0 Å². The van der Waals surface area contributed by atoms with E-state index in [1.54, 1.807) is 0 Å². The predicted octanol–water partition coefficient (Wildman–Crippen LogP) is 19.3. The van der Waals surface area contributed by atoms with Crippen LogP contribution in [0.15, 0.2) is 0 Å². The van der Waals surface area contributed by atoms with E-state index in [1.807, 2.05) is 0 Å². The lowest BCUT2D eigenvalue weighted by Crippen LogP contribution is -2.80. The standard InChI is InChI=1S/C64H32F40O11Si8/c65-25-17(26(66)42(82)57(97)41(25)81)1-9-116-105-117(10-2-18-27(67)43(83)58(98)44(84)28(18)68)108-120(13-5-21-33(73)49(89)61(101)50(90)34(21)74)110-118(106-116,11-3-19-29(69)45(85)59(99)46(86)30(19)70)112-122(15-7-23-37(77)53(93)63(103)54(94)38(23)78)113-119(107-116,12-4-20-31(71)47(87)60(100)48(88)32(20)72)111-121(109-117,14-6-22-35(75)51(91)62(102)52(92)36(22)76)115-123(122,114-120)16-8-24-39(79)55(95)64(104)56(96)40(24)80/h1-16H2. The number of hydrogen-bond acceptors (Lipinski definition) is 11. The van der Waals surface area contributed by atoms with Crippen LogP contribution in [0.25, 0.3) is 0 Å². The lowest BCUT2D eigenvalue weighted by Gasteiger charge is -2.56. The monoisotopic (exact) mass is 1960 g/mol. The summed E-state index contributed by atoms with van der Waals surface area (Å²) in [5.41, 5.74) is -18.8. The van der Waals surface area contributed by atoms with Gasteiger partial charge in [0, 0.05) is 80.8 Å².